The molecule has 0 spiro atoms. The number of benzene rings is 1. The first-order chi connectivity index (χ1) is 8.75. The Bertz CT molecular complexity index is 412. The Balaban J connectivity index is 1.66. The van der Waals surface area contributed by atoms with Gasteiger partial charge in [0.15, 0.2) is 0 Å². The molecule has 1 N–H and O–H groups in total. The molecule has 0 aliphatic heterocycles. The molecule has 2 nitrogen and oxygen atoms in total. The third-order valence-corrected chi connectivity index (χ3v) is 3.26. The summed E-state index contributed by atoms with van der Waals surface area (Å²) in [6.45, 7) is 9.03. The monoisotopic (exact) mass is 245 g/mol. The molecule has 2 rings (SSSR count). The van der Waals surface area contributed by atoms with Crippen LogP contribution in [0.3, 0.4) is 0 Å². The van der Waals surface area contributed by atoms with E-state index < -0.39 is 0 Å². The van der Waals surface area contributed by atoms with Gasteiger partial charge in [-0.05, 0) is 42.9 Å². The van der Waals surface area contributed by atoms with Crippen molar-refractivity contribution in [3.63, 3.8) is 0 Å². The molecule has 0 saturated carbocycles. The molecule has 0 saturated heterocycles. The number of aryl methyl sites for hydroxylation is 2. The maximum Gasteiger partial charge on any atom is 0.0672 e. The van der Waals surface area contributed by atoms with Crippen molar-refractivity contribution >= 4 is 0 Å². The molecule has 0 heterocycles. The molecular weight excluding hydrogens is 222 g/mol. The smallest absolute Gasteiger partial charge is 0.0672 e. The summed E-state index contributed by atoms with van der Waals surface area (Å²) in [5.74, 6) is 0. The quantitative estimate of drug-likeness (QED) is 0.589. The number of hydrogen-bond acceptors (Lipinski definition) is 2. The van der Waals surface area contributed by atoms with Gasteiger partial charge in [0.1, 0.15) is 0 Å². The van der Waals surface area contributed by atoms with E-state index in [0.29, 0.717) is 6.61 Å². The van der Waals surface area contributed by atoms with Gasteiger partial charge < -0.3 is 10.1 Å². The summed E-state index contributed by atoms with van der Waals surface area (Å²) in [6.07, 6.45) is 3.84. The summed E-state index contributed by atoms with van der Waals surface area (Å²) < 4.78 is 5.44. The number of hydrogen-bond donors (Lipinski definition) is 1. The zero-order valence-corrected chi connectivity index (χ0v) is 11.3. The van der Waals surface area contributed by atoms with Crippen LogP contribution >= 0.6 is 0 Å². The Morgan fingerprint density at radius 3 is 3.00 bits per heavy atom. The Hall–Kier alpha value is -1.12. The van der Waals surface area contributed by atoms with Crippen molar-refractivity contribution in [3.8, 4) is 0 Å². The highest BCUT2D eigenvalue weighted by molar-refractivity contribution is 5.35. The minimum Gasteiger partial charge on any atom is -0.376 e. The van der Waals surface area contributed by atoms with Crippen LogP contribution in [0.4, 0.5) is 0 Å². The molecular formula is C16H23NO. The molecule has 2 heteroatoms. The third-order valence-electron chi connectivity index (χ3n) is 3.26. The van der Waals surface area contributed by atoms with Gasteiger partial charge in [0.2, 0.25) is 0 Å². The van der Waals surface area contributed by atoms with Crippen molar-refractivity contribution in [2.75, 3.05) is 19.8 Å². The average Bonchev–Trinajstić information content (AvgIpc) is 2.80. The van der Waals surface area contributed by atoms with Crippen LogP contribution in [-0.2, 0) is 24.1 Å². The van der Waals surface area contributed by atoms with E-state index in [4.69, 9.17) is 4.74 Å². The SMILES string of the molecule is C=C(C)COCCNCc1ccc2c(c1)CCC2. The first-order valence-corrected chi connectivity index (χ1v) is 6.79. The van der Waals surface area contributed by atoms with E-state index in [0.717, 1.165) is 25.3 Å². The zero-order valence-electron chi connectivity index (χ0n) is 11.3. The lowest BCUT2D eigenvalue weighted by atomic mass is 10.1. The Kier molecular flexibility index (Phi) is 4.97. The molecule has 1 aromatic rings. The van der Waals surface area contributed by atoms with Gasteiger partial charge in [0.25, 0.3) is 0 Å². The number of nitrogens with one attached hydrogen (secondary N) is 1. The molecule has 1 aromatic carbocycles. The first kappa shape index (κ1) is 13.3. The van der Waals surface area contributed by atoms with Crippen LogP contribution in [0.1, 0.15) is 30.0 Å². The fourth-order valence-electron chi connectivity index (χ4n) is 2.36. The van der Waals surface area contributed by atoms with Gasteiger partial charge >= 0.3 is 0 Å². The summed E-state index contributed by atoms with van der Waals surface area (Å²) in [4.78, 5) is 0. The van der Waals surface area contributed by atoms with Gasteiger partial charge in [-0.1, -0.05) is 30.4 Å². The second-order valence-electron chi connectivity index (χ2n) is 5.14. The second kappa shape index (κ2) is 6.72. The average molecular weight is 245 g/mol. The normalized spacial score (nSPS) is 13.6. The van der Waals surface area contributed by atoms with E-state index in [9.17, 15) is 0 Å². The summed E-state index contributed by atoms with van der Waals surface area (Å²) in [5, 5.41) is 3.41. The molecule has 0 radical (unpaired) electrons. The van der Waals surface area contributed by atoms with Crippen molar-refractivity contribution < 1.29 is 4.74 Å². The maximum absolute atomic E-state index is 5.44. The molecule has 0 amide bonds. The van der Waals surface area contributed by atoms with Gasteiger partial charge in [0, 0.05) is 13.1 Å². The van der Waals surface area contributed by atoms with Crippen LogP contribution in [0.2, 0.25) is 0 Å². The molecule has 0 bridgehead atoms. The van der Waals surface area contributed by atoms with Crippen LogP contribution in [0.15, 0.2) is 30.4 Å². The van der Waals surface area contributed by atoms with Gasteiger partial charge in [-0.25, -0.2) is 0 Å². The van der Waals surface area contributed by atoms with E-state index in [-0.39, 0.29) is 0 Å². The number of fused-ring (bicyclic) bond motifs is 1. The highest BCUT2D eigenvalue weighted by Crippen LogP contribution is 2.22. The van der Waals surface area contributed by atoms with Crippen molar-refractivity contribution in [2.45, 2.75) is 32.7 Å². The van der Waals surface area contributed by atoms with E-state index >= 15 is 0 Å². The molecule has 0 unspecified atom stereocenters. The summed E-state index contributed by atoms with van der Waals surface area (Å²) >= 11 is 0. The van der Waals surface area contributed by atoms with Gasteiger partial charge in [-0.2, -0.15) is 0 Å². The molecule has 0 fully saturated rings. The minimum atomic E-state index is 0.667. The lowest BCUT2D eigenvalue weighted by Gasteiger charge is -2.08. The third kappa shape index (κ3) is 3.97. The van der Waals surface area contributed by atoms with Crippen molar-refractivity contribution in [2.24, 2.45) is 0 Å². The van der Waals surface area contributed by atoms with E-state index in [1.165, 1.54) is 24.8 Å². The zero-order chi connectivity index (χ0) is 12.8. The van der Waals surface area contributed by atoms with Crippen LogP contribution in [0.25, 0.3) is 0 Å². The first-order valence-electron chi connectivity index (χ1n) is 6.79. The van der Waals surface area contributed by atoms with Crippen LogP contribution in [0, 0.1) is 0 Å². The van der Waals surface area contributed by atoms with E-state index in [1.807, 2.05) is 6.92 Å². The minimum absolute atomic E-state index is 0.667. The number of ether oxygens (including phenoxy) is 1. The largest absolute Gasteiger partial charge is 0.376 e. The summed E-state index contributed by atoms with van der Waals surface area (Å²) in [7, 11) is 0. The molecule has 18 heavy (non-hydrogen) atoms. The van der Waals surface area contributed by atoms with Crippen molar-refractivity contribution in [1.82, 2.24) is 5.32 Å². The molecule has 0 aromatic heterocycles. The van der Waals surface area contributed by atoms with Crippen LogP contribution < -0.4 is 5.32 Å². The molecule has 1 aliphatic carbocycles. The molecule has 1 aliphatic rings. The standard InChI is InChI=1S/C16H23NO/c1-13(2)12-18-9-8-17-11-14-6-7-15-4-3-5-16(15)10-14/h6-7,10,17H,1,3-5,8-9,11-12H2,2H3. The van der Waals surface area contributed by atoms with Crippen molar-refractivity contribution in [1.29, 1.82) is 0 Å². The predicted molar refractivity (Wildman–Crippen MR) is 75.8 cm³/mol. The molecule has 0 atom stereocenters. The van der Waals surface area contributed by atoms with Crippen LogP contribution in [-0.4, -0.2) is 19.8 Å². The lowest BCUT2D eigenvalue weighted by molar-refractivity contribution is 0.158. The maximum atomic E-state index is 5.44. The van der Waals surface area contributed by atoms with Gasteiger partial charge in [-0.15, -0.1) is 0 Å². The fourth-order valence-corrected chi connectivity index (χ4v) is 2.36. The topological polar surface area (TPSA) is 21.3 Å². The number of rotatable bonds is 7. The Morgan fingerprint density at radius 2 is 2.17 bits per heavy atom. The van der Waals surface area contributed by atoms with Gasteiger partial charge in [0.05, 0.1) is 13.2 Å². The second-order valence-corrected chi connectivity index (χ2v) is 5.14. The van der Waals surface area contributed by atoms with Crippen molar-refractivity contribution in [3.05, 3.63) is 47.0 Å². The molecule has 98 valence electrons. The highest BCUT2D eigenvalue weighted by atomic mass is 16.5. The summed E-state index contributed by atoms with van der Waals surface area (Å²) in [6, 6.07) is 6.88. The highest BCUT2D eigenvalue weighted by Gasteiger charge is 2.10. The van der Waals surface area contributed by atoms with E-state index in [1.54, 1.807) is 11.1 Å². The van der Waals surface area contributed by atoms with E-state index in [2.05, 4.69) is 30.1 Å². The Labute approximate surface area is 110 Å². The fraction of sp³-hybridized carbons (Fsp3) is 0.500. The van der Waals surface area contributed by atoms with Crippen LogP contribution in [0.5, 0.6) is 0 Å². The summed E-state index contributed by atoms with van der Waals surface area (Å²) in [5.41, 5.74) is 5.56. The predicted octanol–water partition coefficient (Wildman–Crippen LogP) is 2.86. The lowest BCUT2D eigenvalue weighted by Crippen LogP contribution is -2.19. The Morgan fingerprint density at radius 1 is 1.33 bits per heavy atom. The van der Waals surface area contributed by atoms with Gasteiger partial charge in [-0.3, -0.25) is 0 Å².